The summed E-state index contributed by atoms with van der Waals surface area (Å²) in [7, 11) is 0. The molecule has 3 aromatic rings. The summed E-state index contributed by atoms with van der Waals surface area (Å²) < 4.78 is 8.18. The van der Waals surface area contributed by atoms with Gasteiger partial charge in [-0.15, -0.1) is 0 Å². The summed E-state index contributed by atoms with van der Waals surface area (Å²) >= 11 is 3.36. The first kappa shape index (κ1) is 17.9. The highest BCUT2D eigenvalue weighted by Gasteiger charge is 2.15. The fourth-order valence-corrected chi connectivity index (χ4v) is 2.57. The number of amides is 1. The fourth-order valence-electron chi connectivity index (χ4n) is 2.31. The van der Waals surface area contributed by atoms with E-state index in [0.717, 1.165) is 4.47 Å². The van der Waals surface area contributed by atoms with Crippen molar-refractivity contribution in [3.05, 3.63) is 81.3 Å². The van der Waals surface area contributed by atoms with Crippen LogP contribution < -0.4 is 15.6 Å². The van der Waals surface area contributed by atoms with Crippen molar-refractivity contribution in [2.24, 2.45) is 0 Å². The summed E-state index contributed by atoms with van der Waals surface area (Å²) in [4.78, 5) is 28.5. The lowest BCUT2D eigenvalue weighted by molar-refractivity contribution is 0.102. The number of benzene rings is 1. The molecule has 0 unspecified atom stereocenters. The number of carbonyl (C=O) groups excluding carboxylic acids is 1. The molecular weight excluding hydrogens is 398 g/mol. The van der Waals surface area contributed by atoms with E-state index < -0.39 is 0 Å². The van der Waals surface area contributed by atoms with E-state index in [-0.39, 0.29) is 17.3 Å². The van der Waals surface area contributed by atoms with Crippen LogP contribution in [0.1, 0.15) is 17.3 Å². The molecule has 1 amide bonds. The first-order chi connectivity index (χ1) is 12.6. The van der Waals surface area contributed by atoms with E-state index in [2.05, 4.69) is 26.2 Å². The number of rotatable bonds is 5. The van der Waals surface area contributed by atoms with E-state index in [4.69, 9.17) is 4.74 Å². The molecule has 7 heteroatoms. The first-order valence-corrected chi connectivity index (χ1v) is 8.76. The number of hydrogen-bond donors (Lipinski definition) is 1. The van der Waals surface area contributed by atoms with Gasteiger partial charge >= 0.3 is 0 Å². The molecule has 3 rings (SSSR count). The summed E-state index contributed by atoms with van der Waals surface area (Å²) in [6, 6.07) is 13.5. The number of aryl methyl sites for hydroxylation is 1. The van der Waals surface area contributed by atoms with Crippen LogP contribution in [0.3, 0.4) is 0 Å². The Morgan fingerprint density at radius 1 is 1.19 bits per heavy atom. The largest absolute Gasteiger partial charge is 0.438 e. The van der Waals surface area contributed by atoms with E-state index in [1.54, 1.807) is 42.7 Å². The zero-order chi connectivity index (χ0) is 18.5. The molecule has 0 aliphatic heterocycles. The highest BCUT2D eigenvalue weighted by molar-refractivity contribution is 9.10. The predicted octanol–water partition coefficient (Wildman–Crippen LogP) is 4.07. The lowest BCUT2D eigenvalue weighted by Crippen LogP contribution is -2.20. The summed E-state index contributed by atoms with van der Waals surface area (Å²) in [5, 5.41) is 2.77. The van der Waals surface area contributed by atoms with E-state index in [1.807, 2.05) is 19.1 Å². The second-order valence-electron chi connectivity index (χ2n) is 5.41. The maximum absolute atomic E-state index is 12.6. The van der Waals surface area contributed by atoms with Crippen molar-refractivity contribution in [1.29, 1.82) is 0 Å². The van der Waals surface area contributed by atoms with Crippen molar-refractivity contribution in [3.8, 4) is 11.6 Å². The van der Waals surface area contributed by atoms with E-state index in [0.29, 0.717) is 23.5 Å². The van der Waals surface area contributed by atoms with Gasteiger partial charge in [-0.05, 0) is 49.4 Å². The summed E-state index contributed by atoms with van der Waals surface area (Å²) in [5.41, 5.74) is 0.700. The molecule has 0 saturated carbocycles. The number of ether oxygens (including phenoxy) is 1. The van der Waals surface area contributed by atoms with Gasteiger partial charge in [0, 0.05) is 29.5 Å². The summed E-state index contributed by atoms with van der Waals surface area (Å²) in [6.45, 7) is 2.38. The molecule has 26 heavy (non-hydrogen) atoms. The van der Waals surface area contributed by atoms with Gasteiger partial charge in [-0.1, -0.05) is 15.9 Å². The fraction of sp³-hybridized carbons (Fsp3) is 0.105. The second-order valence-corrected chi connectivity index (χ2v) is 6.32. The van der Waals surface area contributed by atoms with Crippen LogP contribution in [0.5, 0.6) is 11.6 Å². The van der Waals surface area contributed by atoms with E-state index >= 15 is 0 Å². The van der Waals surface area contributed by atoms with Crippen molar-refractivity contribution in [1.82, 2.24) is 9.55 Å². The smallest absolute Gasteiger partial charge is 0.261 e. The molecule has 2 heterocycles. The van der Waals surface area contributed by atoms with Crippen molar-refractivity contribution in [2.75, 3.05) is 5.32 Å². The van der Waals surface area contributed by atoms with Gasteiger partial charge in [0.05, 0.1) is 5.69 Å². The van der Waals surface area contributed by atoms with Gasteiger partial charge in [-0.2, -0.15) is 0 Å². The minimum Gasteiger partial charge on any atom is -0.438 e. The van der Waals surface area contributed by atoms with Crippen LogP contribution in [0, 0.1) is 0 Å². The van der Waals surface area contributed by atoms with E-state index in [1.165, 1.54) is 10.6 Å². The van der Waals surface area contributed by atoms with Gasteiger partial charge in [-0.25, -0.2) is 4.98 Å². The molecule has 0 atom stereocenters. The summed E-state index contributed by atoms with van der Waals surface area (Å²) in [5.74, 6) is 0.406. The molecule has 132 valence electrons. The number of nitrogens with zero attached hydrogens (tertiary/aromatic N) is 2. The van der Waals surface area contributed by atoms with Crippen molar-refractivity contribution >= 4 is 27.5 Å². The van der Waals surface area contributed by atoms with Crippen molar-refractivity contribution < 1.29 is 9.53 Å². The topological polar surface area (TPSA) is 73.2 Å². The minimum atomic E-state index is -0.369. The number of hydrogen-bond acceptors (Lipinski definition) is 4. The van der Waals surface area contributed by atoms with E-state index in [9.17, 15) is 9.59 Å². The Kier molecular flexibility index (Phi) is 5.48. The lowest BCUT2D eigenvalue weighted by atomic mass is 10.2. The van der Waals surface area contributed by atoms with Gasteiger partial charge in [0.15, 0.2) is 0 Å². The van der Waals surface area contributed by atoms with Crippen LogP contribution >= 0.6 is 15.9 Å². The Morgan fingerprint density at radius 2 is 1.96 bits per heavy atom. The molecule has 1 aromatic carbocycles. The summed E-state index contributed by atoms with van der Waals surface area (Å²) in [6.07, 6.45) is 3.16. The molecule has 0 aliphatic carbocycles. The molecule has 0 fully saturated rings. The van der Waals surface area contributed by atoms with Crippen LogP contribution in [-0.4, -0.2) is 15.5 Å². The Bertz CT molecular complexity index is 984. The average Bonchev–Trinajstić information content (AvgIpc) is 2.65. The normalized spacial score (nSPS) is 10.4. The Labute approximate surface area is 158 Å². The molecule has 1 N–H and O–H groups in total. The minimum absolute atomic E-state index is 0.119. The zero-order valence-electron chi connectivity index (χ0n) is 14.0. The van der Waals surface area contributed by atoms with Gasteiger partial charge in [0.25, 0.3) is 11.5 Å². The molecule has 0 spiro atoms. The second kappa shape index (κ2) is 7.97. The molecule has 0 radical (unpaired) electrons. The molecule has 0 bridgehead atoms. The number of nitrogens with one attached hydrogen (secondary N) is 1. The Morgan fingerprint density at radius 3 is 2.69 bits per heavy atom. The maximum atomic E-state index is 12.6. The van der Waals surface area contributed by atoms with Gasteiger partial charge in [-0.3, -0.25) is 9.59 Å². The highest BCUT2D eigenvalue weighted by atomic mass is 79.9. The molecule has 6 nitrogen and oxygen atoms in total. The third-order valence-corrected chi connectivity index (χ3v) is 4.15. The van der Waals surface area contributed by atoms with Crippen LogP contribution in [-0.2, 0) is 6.54 Å². The van der Waals surface area contributed by atoms with Crippen LogP contribution in [0.4, 0.5) is 5.69 Å². The molecule has 2 aromatic heterocycles. The third-order valence-electron chi connectivity index (χ3n) is 3.63. The molecular formula is C19H16BrN3O3. The van der Waals surface area contributed by atoms with Gasteiger partial charge in [0.2, 0.25) is 5.88 Å². The van der Waals surface area contributed by atoms with Gasteiger partial charge < -0.3 is 14.6 Å². The van der Waals surface area contributed by atoms with Crippen LogP contribution in [0.25, 0.3) is 0 Å². The van der Waals surface area contributed by atoms with Crippen molar-refractivity contribution in [2.45, 2.75) is 13.5 Å². The number of halogens is 1. The lowest BCUT2D eigenvalue weighted by Gasteiger charge is -2.11. The Hall–Kier alpha value is -2.93. The zero-order valence-corrected chi connectivity index (χ0v) is 15.6. The van der Waals surface area contributed by atoms with Crippen LogP contribution in [0.2, 0.25) is 0 Å². The highest BCUT2D eigenvalue weighted by Crippen LogP contribution is 2.25. The predicted molar refractivity (Wildman–Crippen MR) is 103 cm³/mol. The van der Waals surface area contributed by atoms with Crippen LogP contribution in [0.15, 0.2) is 70.2 Å². The number of pyridine rings is 2. The van der Waals surface area contributed by atoms with Gasteiger partial charge in [0.1, 0.15) is 11.3 Å². The quantitative estimate of drug-likeness (QED) is 0.683. The standard InChI is InChI=1S/C19H16BrN3O3/c1-2-23-12-14(7-10-17(23)24)22-18(25)16-4-3-11-21-19(16)26-15-8-5-13(20)6-9-15/h3-12H,2H2,1H3,(H,22,25). The number of carbonyl (C=O) groups is 1. The first-order valence-electron chi connectivity index (χ1n) is 7.97. The average molecular weight is 414 g/mol. The Balaban J connectivity index is 1.83. The molecule has 0 saturated heterocycles. The number of aromatic nitrogens is 2. The van der Waals surface area contributed by atoms with Crippen molar-refractivity contribution in [3.63, 3.8) is 0 Å². The monoisotopic (exact) mass is 413 g/mol. The molecule has 0 aliphatic rings. The number of anilines is 1. The SMILES string of the molecule is CCn1cc(NC(=O)c2cccnc2Oc2ccc(Br)cc2)ccc1=O. The maximum Gasteiger partial charge on any atom is 0.261 e. The third kappa shape index (κ3) is 4.18.